The van der Waals surface area contributed by atoms with Crippen molar-refractivity contribution in [2.24, 2.45) is 0 Å². The molecule has 0 radical (unpaired) electrons. The summed E-state index contributed by atoms with van der Waals surface area (Å²) in [6, 6.07) is 5.83. The fraction of sp³-hybridized carbons (Fsp3) is 0.438. The Morgan fingerprint density at radius 2 is 1.96 bits per heavy atom. The highest BCUT2D eigenvalue weighted by atomic mass is 15.3. The Morgan fingerprint density at radius 3 is 2.71 bits per heavy atom. The predicted octanol–water partition coefficient (Wildman–Crippen LogP) is 0.919. The van der Waals surface area contributed by atoms with Crippen LogP contribution in [0.5, 0.6) is 0 Å². The molecule has 3 heterocycles. The number of rotatable bonds is 4. The Kier molecular flexibility index (Phi) is 4.42. The number of anilines is 3. The first-order valence-corrected chi connectivity index (χ1v) is 7.80. The van der Waals surface area contributed by atoms with Gasteiger partial charge in [-0.25, -0.2) is 15.0 Å². The number of hydrogen-bond donors (Lipinski definition) is 0. The van der Waals surface area contributed by atoms with Crippen molar-refractivity contribution in [3.8, 4) is 6.07 Å². The van der Waals surface area contributed by atoms with Crippen LogP contribution in [0.1, 0.15) is 12.1 Å². The molecule has 8 nitrogen and oxygen atoms in total. The Labute approximate surface area is 141 Å². The van der Waals surface area contributed by atoms with E-state index >= 15 is 0 Å². The quantitative estimate of drug-likeness (QED) is 0.821. The summed E-state index contributed by atoms with van der Waals surface area (Å²) < 4.78 is 0. The van der Waals surface area contributed by atoms with Crippen LogP contribution < -0.4 is 14.7 Å². The second-order valence-corrected chi connectivity index (χ2v) is 5.96. The molecule has 0 amide bonds. The van der Waals surface area contributed by atoms with Gasteiger partial charge in [0.1, 0.15) is 17.6 Å². The highest BCUT2D eigenvalue weighted by Crippen LogP contribution is 2.22. The number of nitriles is 1. The second kappa shape index (κ2) is 6.66. The summed E-state index contributed by atoms with van der Waals surface area (Å²) in [5, 5.41) is 8.98. The molecule has 1 aliphatic rings. The first kappa shape index (κ1) is 15.9. The Hall–Kier alpha value is -2.95. The third kappa shape index (κ3) is 3.20. The summed E-state index contributed by atoms with van der Waals surface area (Å²) in [4.78, 5) is 23.7. The zero-order chi connectivity index (χ0) is 17.1. The molecule has 0 aromatic carbocycles. The lowest BCUT2D eigenvalue weighted by atomic mass is 10.2. The molecule has 2 aromatic rings. The average molecular weight is 324 g/mol. The molecule has 1 aliphatic heterocycles. The van der Waals surface area contributed by atoms with Crippen molar-refractivity contribution >= 4 is 17.7 Å². The van der Waals surface area contributed by atoms with Crippen LogP contribution in [0.15, 0.2) is 24.5 Å². The highest BCUT2D eigenvalue weighted by Gasteiger charge is 2.28. The fourth-order valence-electron chi connectivity index (χ4n) is 2.72. The maximum atomic E-state index is 8.98. The van der Waals surface area contributed by atoms with Crippen LogP contribution >= 0.6 is 0 Å². The van der Waals surface area contributed by atoms with Crippen LogP contribution in [-0.4, -0.2) is 60.2 Å². The number of likely N-dealkylation sites (N-methyl/N-ethyl adjacent to an activating group) is 1. The Bertz CT molecular complexity index is 754. The summed E-state index contributed by atoms with van der Waals surface area (Å²) in [6.07, 6.45) is 4.37. The lowest BCUT2D eigenvalue weighted by Gasteiger charge is -2.25. The standard InChI is InChI=1S/C16H20N8/c1-22(2)14-5-8-18-15(21-14)23(3)13-6-9-24(11-13)16-19-7-4-12(10-17)20-16/h4-5,7-8,13H,6,9,11H2,1-3H3. The zero-order valence-electron chi connectivity index (χ0n) is 14.1. The van der Waals surface area contributed by atoms with E-state index in [1.807, 2.05) is 32.1 Å². The van der Waals surface area contributed by atoms with Gasteiger partial charge in [-0.3, -0.25) is 0 Å². The highest BCUT2D eigenvalue weighted by molar-refractivity contribution is 5.44. The average Bonchev–Trinajstić information content (AvgIpc) is 3.11. The molecule has 0 bridgehead atoms. The van der Waals surface area contributed by atoms with Crippen LogP contribution in [0.3, 0.4) is 0 Å². The third-order valence-corrected chi connectivity index (χ3v) is 4.15. The van der Waals surface area contributed by atoms with Gasteiger partial charge >= 0.3 is 0 Å². The monoisotopic (exact) mass is 324 g/mol. The van der Waals surface area contributed by atoms with Crippen LogP contribution in [-0.2, 0) is 0 Å². The van der Waals surface area contributed by atoms with E-state index < -0.39 is 0 Å². The van der Waals surface area contributed by atoms with Crippen molar-refractivity contribution < 1.29 is 0 Å². The van der Waals surface area contributed by atoms with E-state index in [9.17, 15) is 0 Å². The summed E-state index contributed by atoms with van der Waals surface area (Å²) in [6.45, 7) is 1.62. The largest absolute Gasteiger partial charge is 0.363 e. The lowest BCUT2D eigenvalue weighted by molar-refractivity contribution is 0.673. The maximum Gasteiger partial charge on any atom is 0.227 e. The van der Waals surface area contributed by atoms with E-state index in [1.165, 1.54) is 0 Å². The van der Waals surface area contributed by atoms with Gasteiger partial charge in [0.25, 0.3) is 0 Å². The molecule has 0 N–H and O–H groups in total. The van der Waals surface area contributed by atoms with E-state index in [-0.39, 0.29) is 6.04 Å². The first-order chi connectivity index (χ1) is 11.6. The fourth-order valence-corrected chi connectivity index (χ4v) is 2.72. The molecule has 3 rings (SSSR count). The first-order valence-electron chi connectivity index (χ1n) is 7.80. The van der Waals surface area contributed by atoms with Gasteiger partial charge in [-0.15, -0.1) is 0 Å². The minimum absolute atomic E-state index is 0.275. The number of nitrogens with zero attached hydrogens (tertiary/aromatic N) is 8. The van der Waals surface area contributed by atoms with Gasteiger partial charge in [-0.2, -0.15) is 10.2 Å². The van der Waals surface area contributed by atoms with E-state index in [2.05, 4.69) is 35.8 Å². The van der Waals surface area contributed by atoms with Gasteiger partial charge < -0.3 is 14.7 Å². The number of hydrogen-bond acceptors (Lipinski definition) is 8. The molecule has 0 saturated carbocycles. The van der Waals surface area contributed by atoms with Crippen molar-refractivity contribution in [3.05, 3.63) is 30.2 Å². The van der Waals surface area contributed by atoms with Crippen LogP contribution in [0, 0.1) is 11.3 Å². The van der Waals surface area contributed by atoms with Gasteiger partial charge in [0, 0.05) is 46.6 Å². The summed E-state index contributed by atoms with van der Waals surface area (Å²) in [7, 11) is 5.93. The maximum absolute atomic E-state index is 8.98. The molecule has 8 heteroatoms. The Balaban J connectivity index is 1.73. The van der Waals surface area contributed by atoms with Gasteiger partial charge in [0.2, 0.25) is 11.9 Å². The van der Waals surface area contributed by atoms with Crippen LogP contribution in [0.25, 0.3) is 0 Å². The molecule has 1 unspecified atom stereocenters. The normalized spacial score (nSPS) is 16.8. The Morgan fingerprint density at radius 1 is 1.17 bits per heavy atom. The van der Waals surface area contributed by atoms with Crippen LogP contribution in [0.2, 0.25) is 0 Å². The minimum atomic E-state index is 0.275. The molecular formula is C16H20N8. The second-order valence-electron chi connectivity index (χ2n) is 5.96. The van der Waals surface area contributed by atoms with Gasteiger partial charge in [0.05, 0.1) is 6.04 Å². The predicted molar refractivity (Wildman–Crippen MR) is 92.1 cm³/mol. The van der Waals surface area contributed by atoms with Crippen LogP contribution in [0.4, 0.5) is 17.7 Å². The molecule has 0 aliphatic carbocycles. The molecule has 1 saturated heterocycles. The van der Waals surface area contributed by atoms with Crippen molar-refractivity contribution in [1.82, 2.24) is 19.9 Å². The molecule has 0 spiro atoms. The molecule has 2 aromatic heterocycles. The van der Waals surface area contributed by atoms with E-state index in [0.29, 0.717) is 17.6 Å². The van der Waals surface area contributed by atoms with Gasteiger partial charge in [-0.05, 0) is 18.6 Å². The zero-order valence-corrected chi connectivity index (χ0v) is 14.1. The summed E-state index contributed by atoms with van der Waals surface area (Å²) in [5.74, 6) is 2.19. The van der Waals surface area contributed by atoms with Crippen molar-refractivity contribution in [1.29, 1.82) is 5.26 Å². The van der Waals surface area contributed by atoms with E-state index in [4.69, 9.17) is 5.26 Å². The SMILES string of the molecule is CN(C)c1ccnc(N(C)C2CCN(c3nccc(C#N)n3)C2)n1. The molecule has 124 valence electrons. The summed E-state index contributed by atoms with van der Waals surface area (Å²) in [5.41, 5.74) is 0.388. The topological polar surface area (TPSA) is 85.1 Å². The van der Waals surface area contributed by atoms with E-state index in [1.54, 1.807) is 18.5 Å². The van der Waals surface area contributed by atoms with Crippen molar-refractivity contribution in [2.45, 2.75) is 12.5 Å². The molecule has 24 heavy (non-hydrogen) atoms. The molecule has 1 atom stereocenters. The van der Waals surface area contributed by atoms with Gasteiger partial charge in [0.15, 0.2) is 0 Å². The minimum Gasteiger partial charge on any atom is -0.363 e. The number of aromatic nitrogens is 4. The summed E-state index contributed by atoms with van der Waals surface area (Å²) >= 11 is 0. The third-order valence-electron chi connectivity index (χ3n) is 4.15. The van der Waals surface area contributed by atoms with Gasteiger partial charge in [-0.1, -0.05) is 0 Å². The molecule has 1 fully saturated rings. The van der Waals surface area contributed by atoms with E-state index in [0.717, 1.165) is 25.3 Å². The smallest absolute Gasteiger partial charge is 0.227 e. The van der Waals surface area contributed by atoms with Crippen molar-refractivity contribution in [2.75, 3.05) is 48.9 Å². The van der Waals surface area contributed by atoms with Crippen molar-refractivity contribution in [3.63, 3.8) is 0 Å². The lowest BCUT2D eigenvalue weighted by Crippen LogP contribution is -2.36. The molecular weight excluding hydrogens is 304 g/mol.